The highest BCUT2D eigenvalue weighted by molar-refractivity contribution is 6.02. The molecule has 1 aromatic heterocycles. The zero-order valence-corrected chi connectivity index (χ0v) is 14.2. The number of aryl methyl sites for hydroxylation is 1. The van der Waals surface area contributed by atoms with Crippen molar-refractivity contribution >= 4 is 17.4 Å². The van der Waals surface area contributed by atoms with Gasteiger partial charge in [-0.15, -0.1) is 0 Å². The molecule has 1 aromatic carbocycles. The van der Waals surface area contributed by atoms with Crippen LogP contribution in [0, 0.1) is 12.7 Å². The molecule has 0 bridgehead atoms. The Hall–Kier alpha value is -3.01. The van der Waals surface area contributed by atoms with Crippen LogP contribution in [0.4, 0.5) is 18.9 Å². The molecule has 0 fully saturated rings. The van der Waals surface area contributed by atoms with Crippen molar-refractivity contribution in [3.05, 3.63) is 53.4 Å². The summed E-state index contributed by atoms with van der Waals surface area (Å²) in [6.45, 7) is 1.06. The first-order valence-electron chi connectivity index (χ1n) is 7.92. The van der Waals surface area contributed by atoms with Gasteiger partial charge in [-0.05, 0) is 25.1 Å². The maximum atomic E-state index is 14.4. The minimum absolute atomic E-state index is 0.0262. The lowest BCUT2D eigenvalue weighted by Gasteiger charge is -2.33. The van der Waals surface area contributed by atoms with Crippen molar-refractivity contribution in [2.75, 3.05) is 18.5 Å². The number of benzene rings is 1. The van der Waals surface area contributed by atoms with Crippen molar-refractivity contribution in [1.82, 2.24) is 9.97 Å². The lowest BCUT2D eigenvalue weighted by Crippen LogP contribution is -2.45. The van der Waals surface area contributed by atoms with Crippen LogP contribution >= 0.6 is 0 Å². The van der Waals surface area contributed by atoms with E-state index in [0.717, 1.165) is 12.1 Å². The summed E-state index contributed by atoms with van der Waals surface area (Å²) in [5.74, 6) is -1.69. The van der Waals surface area contributed by atoms with Gasteiger partial charge in [-0.25, -0.2) is 18.2 Å². The molecule has 0 radical (unpaired) electrons. The molecule has 0 saturated carbocycles. The van der Waals surface area contributed by atoms with Gasteiger partial charge in [0.25, 0.3) is 12.3 Å². The normalized spacial score (nSPS) is 19.7. The van der Waals surface area contributed by atoms with Gasteiger partial charge in [-0.1, -0.05) is 0 Å². The summed E-state index contributed by atoms with van der Waals surface area (Å²) in [7, 11) is 0. The number of anilines is 1. The van der Waals surface area contributed by atoms with Crippen LogP contribution in [0.25, 0.3) is 0 Å². The highest BCUT2D eigenvalue weighted by Crippen LogP contribution is 2.37. The van der Waals surface area contributed by atoms with Gasteiger partial charge in [0, 0.05) is 17.4 Å². The van der Waals surface area contributed by atoms with Crippen LogP contribution < -0.4 is 11.1 Å². The third-order valence-electron chi connectivity index (χ3n) is 3.98. The molecular weight excluding hydrogens is 363 g/mol. The molecule has 3 rings (SSSR count). The number of ether oxygens (including phenoxy) is 1. The Morgan fingerprint density at radius 2 is 2.11 bits per heavy atom. The third-order valence-corrected chi connectivity index (χ3v) is 3.98. The number of nitrogens with two attached hydrogens (primary N) is 1. The van der Waals surface area contributed by atoms with Crippen LogP contribution in [0.15, 0.2) is 35.6 Å². The van der Waals surface area contributed by atoms with E-state index in [9.17, 15) is 18.0 Å². The predicted octanol–water partition coefficient (Wildman–Crippen LogP) is 2.02. The summed E-state index contributed by atoms with van der Waals surface area (Å²) < 4.78 is 47.0. The van der Waals surface area contributed by atoms with E-state index < -0.39 is 35.9 Å². The molecule has 1 aliphatic rings. The van der Waals surface area contributed by atoms with Gasteiger partial charge in [0.1, 0.15) is 24.0 Å². The van der Waals surface area contributed by atoms with Gasteiger partial charge in [-0.3, -0.25) is 14.8 Å². The number of amides is 1. The highest BCUT2D eigenvalue weighted by Gasteiger charge is 2.46. The van der Waals surface area contributed by atoms with Crippen LogP contribution in [0.3, 0.4) is 0 Å². The molecule has 1 atom stereocenters. The first kappa shape index (κ1) is 18.8. The number of hydrogen-bond donors (Lipinski definition) is 2. The van der Waals surface area contributed by atoms with Gasteiger partial charge >= 0.3 is 0 Å². The van der Waals surface area contributed by atoms with E-state index in [-0.39, 0.29) is 23.8 Å². The van der Waals surface area contributed by atoms with Gasteiger partial charge in [0.2, 0.25) is 0 Å². The van der Waals surface area contributed by atoms with E-state index in [2.05, 4.69) is 20.3 Å². The largest absolute Gasteiger partial charge is 0.385 e. The summed E-state index contributed by atoms with van der Waals surface area (Å²) in [5.41, 5.74) is 3.57. The maximum Gasteiger partial charge on any atom is 0.275 e. The van der Waals surface area contributed by atoms with Crippen molar-refractivity contribution in [2.45, 2.75) is 18.9 Å². The minimum Gasteiger partial charge on any atom is -0.385 e. The van der Waals surface area contributed by atoms with Crippen molar-refractivity contribution in [2.24, 2.45) is 10.7 Å². The number of amidine groups is 1. The average molecular weight is 379 g/mol. The number of alkyl halides is 2. The Bertz CT molecular complexity index is 889. The predicted molar refractivity (Wildman–Crippen MR) is 91.2 cm³/mol. The minimum atomic E-state index is -3.07. The molecule has 3 N–H and O–H groups in total. The zero-order chi connectivity index (χ0) is 19.6. The number of carbonyl (C=O) groups excluding carboxylic acids is 1. The molecule has 7 nitrogen and oxygen atoms in total. The topological polar surface area (TPSA) is 102 Å². The third kappa shape index (κ3) is 3.75. The summed E-state index contributed by atoms with van der Waals surface area (Å²) in [5, 5.41) is 2.48. The van der Waals surface area contributed by atoms with Crippen molar-refractivity contribution < 1.29 is 22.7 Å². The monoisotopic (exact) mass is 379 g/mol. The lowest BCUT2D eigenvalue weighted by molar-refractivity contribution is -0.0145. The Morgan fingerprint density at radius 1 is 1.33 bits per heavy atom. The maximum absolute atomic E-state index is 14.4. The number of nitrogens with zero attached hydrogens (tertiary/aromatic N) is 3. The Kier molecular flexibility index (Phi) is 5.08. The van der Waals surface area contributed by atoms with Gasteiger partial charge in [0.05, 0.1) is 18.5 Å². The molecule has 1 amide bonds. The number of halogens is 3. The first-order chi connectivity index (χ1) is 12.8. The molecule has 10 heteroatoms. The molecule has 0 unspecified atom stereocenters. The van der Waals surface area contributed by atoms with E-state index in [1.807, 2.05) is 0 Å². The van der Waals surface area contributed by atoms with Crippen LogP contribution in [-0.2, 0) is 10.3 Å². The SMILES string of the molecule is Cc1cnc(C(=O)Nc2ccc(F)c([C@]3(C(F)F)COCC(N)=N3)c2)cn1. The average Bonchev–Trinajstić information content (AvgIpc) is 2.63. The van der Waals surface area contributed by atoms with E-state index in [4.69, 9.17) is 10.5 Å². The second kappa shape index (κ2) is 7.31. The first-order valence-corrected chi connectivity index (χ1v) is 7.92. The van der Waals surface area contributed by atoms with Crippen LogP contribution in [-0.4, -0.2) is 41.3 Å². The van der Waals surface area contributed by atoms with Crippen molar-refractivity contribution in [3.63, 3.8) is 0 Å². The fraction of sp³-hybridized carbons (Fsp3) is 0.294. The van der Waals surface area contributed by atoms with Crippen LogP contribution in [0.5, 0.6) is 0 Å². The lowest BCUT2D eigenvalue weighted by atomic mass is 9.90. The van der Waals surface area contributed by atoms with E-state index in [0.29, 0.717) is 5.69 Å². The van der Waals surface area contributed by atoms with Crippen molar-refractivity contribution in [3.8, 4) is 0 Å². The molecule has 1 aliphatic heterocycles. The summed E-state index contributed by atoms with van der Waals surface area (Å²) in [4.78, 5) is 23.9. The number of hydrogen-bond acceptors (Lipinski definition) is 6. The number of aliphatic imine (C=N–C) groups is 1. The standard InChI is InChI=1S/C17H16F3N5O2/c1-9-5-23-13(6-22-9)15(26)24-10-2-3-12(18)11(4-10)17(16(19)20)8-27-7-14(21)25-17/h2-6,16H,7-8H2,1H3,(H2,21,25)(H,24,26)/t17-/m0/s1. The number of rotatable bonds is 4. The van der Waals surface area contributed by atoms with Gasteiger partial charge < -0.3 is 15.8 Å². The molecular formula is C17H16F3N5O2. The van der Waals surface area contributed by atoms with Crippen LogP contribution in [0.1, 0.15) is 21.7 Å². The smallest absolute Gasteiger partial charge is 0.275 e. The second-order valence-corrected chi connectivity index (χ2v) is 6.01. The molecule has 0 aliphatic carbocycles. The highest BCUT2D eigenvalue weighted by atomic mass is 19.3. The molecule has 0 spiro atoms. The molecule has 2 heterocycles. The fourth-order valence-corrected chi connectivity index (χ4v) is 2.64. The molecule has 0 saturated heterocycles. The molecule has 2 aromatic rings. The summed E-state index contributed by atoms with van der Waals surface area (Å²) in [6, 6.07) is 3.30. The number of aromatic nitrogens is 2. The van der Waals surface area contributed by atoms with Crippen molar-refractivity contribution in [1.29, 1.82) is 0 Å². The van der Waals surface area contributed by atoms with E-state index in [1.165, 1.54) is 18.5 Å². The summed E-state index contributed by atoms with van der Waals surface area (Å²) in [6.07, 6.45) is -0.386. The molecule has 27 heavy (non-hydrogen) atoms. The Balaban J connectivity index is 1.95. The van der Waals surface area contributed by atoms with E-state index >= 15 is 0 Å². The second-order valence-electron chi connectivity index (χ2n) is 6.01. The fourth-order valence-electron chi connectivity index (χ4n) is 2.64. The quantitative estimate of drug-likeness (QED) is 0.846. The Labute approximate surface area is 152 Å². The van der Waals surface area contributed by atoms with Gasteiger partial charge in [0.15, 0.2) is 5.54 Å². The van der Waals surface area contributed by atoms with Gasteiger partial charge in [-0.2, -0.15) is 0 Å². The molecule has 142 valence electrons. The number of nitrogens with one attached hydrogen (secondary N) is 1. The van der Waals surface area contributed by atoms with Crippen LogP contribution in [0.2, 0.25) is 0 Å². The zero-order valence-electron chi connectivity index (χ0n) is 14.2. The Morgan fingerprint density at radius 3 is 2.74 bits per heavy atom. The summed E-state index contributed by atoms with van der Waals surface area (Å²) >= 11 is 0. The number of carbonyl (C=O) groups is 1. The van der Waals surface area contributed by atoms with E-state index in [1.54, 1.807) is 6.92 Å².